The Kier molecular flexibility index (Phi) is 3.80. The highest BCUT2D eigenvalue weighted by Gasteiger charge is 2.36. The first-order valence-corrected chi connectivity index (χ1v) is 7.19. The zero-order chi connectivity index (χ0) is 15.0. The summed E-state index contributed by atoms with van der Waals surface area (Å²) in [4.78, 5) is 12.7. The molecule has 0 amide bonds. The molecule has 1 aromatic carbocycles. The van der Waals surface area contributed by atoms with Gasteiger partial charge in [-0.1, -0.05) is 12.8 Å². The third-order valence-corrected chi connectivity index (χ3v) is 4.33. The van der Waals surface area contributed by atoms with Gasteiger partial charge < -0.3 is 14.7 Å². The van der Waals surface area contributed by atoms with Crippen LogP contribution in [-0.4, -0.2) is 36.4 Å². The molecule has 114 valence electrons. The van der Waals surface area contributed by atoms with Crippen molar-refractivity contribution in [3.8, 4) is 0 Å². The lowest BCUT2D eigenvalue weighted by atomic mass is 9.89. The minimum Gasteiger partial charge on any atom is -0.478 e. The van der Waals surface area contributed by atoms with Crippen molar-refractivity contribution in [3.05, 3.63) is 29.3 Å². The minimum absolute atomic E-state index is 0.0390. The topological polar surface area (TPSA) is 49.8 Å². The molecule has 0 aromatic heterocycles. The number of halogens is 2. The largest absolute Gasteiger partial charge is 0.478 e. The van der Waals surface area contributed by atoms with Crippen LogP contribution in [0.3, 0.4) is 0 Å². The summed E-state index contributed by atoms with van der Waals surface area (Å²) in [6.45, 7) is 0.965. The van der Waals surface area contributed by atoms with Crippen LogP contribution in [0.5, 0.6) is 0 Å². The SMILES string of the molecule is O=C(O)c1ccc(N2CCOC3CCCCC32)c(F)c1F. The van der Waals surface area contributed by atoms with Crippen molar-refractivity contribution in [2.45, 2.75) is 37.8 Å². The number of carboxylic acid groups (broad SMARTS) is 1. The molecule has 1 aliphatic carbocycles. The van der Waals surface area contributed by atoms with Gasteiger partial charge >= 0.3 is 5.97 Å². The second-order valence-electron chi connectivity index (χ2n) is 5.52. The fraction of sp³-hybridized carbons (Fsp3) is 0.533. The van der Waals surface area contributed by atoms with E-state index in [1.54, 1.807) is 0 Å². The number of carbonyl (C=O) groups is 1. The highest BCUT2D eigenvalue weighted by Crippen LogP contribution is 2.34. The van der Waals surface area contributed by atoms with Crippen molar-refractivity contribution in [2.24, 2.45) is 0 Å². The van der Waals surface area contributed by atoms with Gasteiger partial charge in [0.05, 0.1) is 30.0 Å². The van der Waals surface area contributed by atoms with E-state index in [1.807, 2.05) is 4.90 Å². The van der Waals surface area contributed by atoms with Crippen LogP contribution in [0.2, 0.25) is 0 Å². The van der Waals surface area contributed by atoms with E-state index in [4.69, 9.17) is 9.84 Å². The van der Waals surface area contributed by atoms with Crippen LogP contribution in [0.4, 0.5) is 14.5 Å². The molecule has 2 unspecified atom stereocenters. The molecule has 1 heterocycles. The standard InChI is InChI=1S/C15H17F2NO3/c16-13-9(15(19)20)5-6-11(14(13)17)18-7-8-21-12-4-2-1-3-10(12)18/h5-6,10,12H,1-4,7-8H2,(H,19,20). The molecule has 6 heteroatoms. The zero-order valence-corrected chi connectivity index (χ0v) is 11.5. The Morgan fingerprint density at radius 1 is 1.24 bits per heavy atom. The first-order valence-electron chi connectivity index (χ1n) is 7.19. The van der Waals surface area contributed by atoms with Gasteiger partial charge in [-0.2, -0.15) is 0 Å². The third kappa shape index (κ3) is 2.48. The number of fused-ring (bicyclic) bond motifs is 1. The Bertz CT molecular complexity index is 562. The maximum Gasteiger partial charge on any atom is 0.338 e. The molecule has 0 radical (unpaired) electrons. The summed E-state index contributed by atoms with van der Waals surface area (Å²) in [5.41, 5.74) is -0.498. The summed E-state index contributed by atoms with van der Waals surface area (Å²) in [7, 11) is 0. The van der Waals surface area contributed by atoms with Gasteiger partial charge in [0.1, 0.15) is 0 Å². The lowest BCUT2D eigenvalue weighted by Crippen LogP contribution is -2.53. The molecule has 3 rings (SSSR count). The van der Waals surface area contributed by atoms with Crippen molar-refractivity contribution in [2.75, 3.05) is 18.1 Å². The minimum atomic E-state index is -1.46. The Labute approximate surface area is 121 Å². The summed E-state index contributed by atoms with van der Waals surface area (Å²) in [5, 5.41) is 8.84. The maximum absolute atomic E-state index is 14.2. The van der Waals surface area contributed by atoms with Crippen molar-refractivity contribution < 1.29 is 23.4 Å². The summed E-state index contributed by atoms with van der Waals surface area (Å²) in [6, 6.07) is 2.53. The van der Waals surface area contributed by atoms with Gasteiger partial charge in [-0.3, -0.25) is 0 Å². The van der Waals surface area contributed by atoms with Gasteiger partial charge in [-0.25, -0.2) is 13.6 Å². The molecule has 1 saturated heterocycles. The zero-order valence-electron chi connectivity index (χ0n) is 11.5. The summed E-state index contributed by atoms with van der Waals surface area (Å²) >= 11 is 0. The van der Waals surface area contributed by atoms with E-state index >= 15 is 0 Å². The number of hydrogen-bond donors (Lipinski definition) is 1. The van der Waals surface area contributed by atoms with E-state index in [0.29, 0.717) is 13.2 Å². The van der Waals surface area contributed by atoms with Gasteiger partial charge in [0.25, 0.3) is 0 Å². The van der Waals surface area contributed by atoms with Gasteiger partial charge in [-0.15, -0.1) is 0 Å². The molecule has 1 N–H and O–H groups in total. The van der Waals surface area contributed by atoms with Crippen LogP contribution >= 0.6 is 0 Å². The van der Waals surface area contributed by atoms with Gasteiger partial charge in [0.15, 0.2) is 11.6 Å². The quantitative estimate of drug-likeness (QED) is 0.912. The summed E-state index contributed by atoms with van der Waals surface area (Å²) in [6.07, 6.45) is 3.99. The third-order valence-electron chi connectivity index (χ3n) is 4.33. The van der Waals surface area contributed by atoms with Crippen LogP contribution in [0.1, 0.15) is 36.0 Å². The Balaban J connectivity index is 1.95. The van der Waals surface area contributed by atoms with E-state index in [1.165, 1.54) is 6.07 Å². The first kappa shape index (κ1) is 14.3. The smallest absolute Gasteiger partial charge is 0.338 e. The molecule has 0 bridgehead atoms. The molecule has 1 aliphatic heterocycles. The van der Waals surface area contributed by atoms with E-state index in [2.05, 4.69) is 0 Å². The maximum atomic E-state index is 14.2. The van der Waals surface area contributed by atoms with E-state index in [0.717, 1.165) is 31.7 Å². The number of morpholine rings is 1. The average Bonchev–Trinajstić information content (AvgIpc) is 2.49. The second-order valence-corrected chi connectivity index (χ2v) is 5.52. The molecule has 2 fully saturated rings. The molecular weight excluding hydrogens is 280 g/mol. The normalized spacial score (nSPS) is 25.5. The molecule has 1 aromatic rings. The number of benzene rings is 1. The Morgan fingerprint density at radius 2 is 2.00 bits per heavy atom. The van der Waals surface area contributed by atoms with Crippen LogP contribution in [0.25, 0.3) is 0 Å². The second kappa shape index (κ2) is 5.60. The monoisotopic (exact) mass is 297 g/mol. The van der Waals surface area contributed by atoms with Crippen molar-refractivity contribution in [3.63, 3.8) is 0 Å². The predicted octanol–water partition coefficient (Wildman–Crippen LogP) is 2.81. The van der Waals surface area contributed by atoms with Crippen LogP contribution in [0.15, 0.2) is 12.1 Å². The molecule has 2 atom stereocenters. The van der Waals surface area contributed by atoms with Crippen LogP contribution in [0, 0.1) is 11.6 Å². The van der Waals surface area contributed by atoms with Crippen molar-refractivity contribution in [1.82, 2.24) is 0 Å². The summed E-state index contributed by atoms with van der Waals surface area (Å²) < 4.78 is 33.8. The Morgan fingerprint density at radius 3 is 2.76 bits per heavy atom. The van der Waals surface area contributed by atoms with E-state index in [-0.39, 0.29) is 17.8 Å². The molecule has 21 heavy (non-hydrogen) atoms. The average molecular weight is 297 g/mol. The molecular formula is C15H17F2NO3. The number of anilines is 1. The Hall–Kier alpha value is -1.69. The lowest BCUT2D eigenvalue weighted by molar-refractivity contribution is -0.00896. The summed E-state index contributed by atoms with van der Waals surface area (Å²) in [5.74, 6) is -3.84. The van der Waals surface area contributed by atoms with E-state index in [9.17, 15) is 13.6 Å². The number of hydrogen-bond acceptors (Lipinski definition) is 3. The number of carboxylic acids is 1. The fourth-order valence-electron chi connectivity index (χ4n) is 3.32. The van der Waals surface area contributed by atoms with Crippen molar-refractivity contribution >= 4 is 11.7 Å². The molecule has 2 aliphatic rings. The number of nitrogens with zero attached hydrogens (tertiary/aromatic N) is 1. The first-order chi connectivity index (χ1) is 10.1. The number of rotatable bonds is 2. The predicted molar refractivity (Wildman–Crippen MR) is 72.7 cm³/mol. The van der Waals surface area contributed by atoms with E-state index < -0.39 is 23.2 Å². The highest BCUT2D eigenvalue weighted by molar-refractivity contribution is 5.88. The molecule has 0 spiro atoms. The molecule has 1 saturated carbocycles. The van der Waals surface area contributed by atoms with Crippen LogP contribution in [-0.2, 0) is 4.74 Å². The number of aromatic carboxylic acids is 1. The van der Waals surface area contributed by atoms with Crippen molar-refractivity contribution in [1.29, 1.82) is 0 Å². The van der Waals surface area contributed by atoms with Gasteiger partial charge in [-0.05, 0) is 25.0 Å². The van der Waals surface area contributed by atoms with Crippen LogP contribution < -0.4 is 4.90 Å². The number of ether oxygens (including phenoxy) is 1. The van der Waals surface area contributed by atoms with Gasteiger partial charge in [0.2, 0.25) is 0 Å². The molecule has 4 nitrogen and oxygen atoms in total. The fourth-order valence-corrected chi connectivity index (χ4v) is 3.32. The highest BCUT2D eigenvalue weighted by atomic mass is 19.2. The van der Waals surface area contributed by atoms with Gasteiger partial charge in [0, 0.05) is 6.54 Å². The lowest BCUT2D eigenvalue weighted by Gasteiger charge is -2.45.